The van der Waals surface area contributed by atoms with E-state index in [1.54, 1.807) is 0 Å². The monoisotopic (exact) mass is 374 g/mol. The summed E-state index contributed by atoms with van der Waals surface area (Å²) in [5.74, 6) is 2.71. The third kappa shape index (κ3) is 3.05. The summed E-state index contributed by atoms with van der Waals surface area (Å²) in [5, 5.41) is 22.4. The standard InChI is InChI=1S/C25H42O2/c1-4-5-6-7-10-17-12-13-18-21-19(14-16-24(17,18)2)25(3)15-9-8-11-20(25)22(26)23(21)27/h4-5,17-23,26-27H,6-16H2,1-3H3/b5-4+. The van der Waals surface area contributed by atoms with Gasteiger partial charge in [-0.05, 0) is 105 Å². The number of fused-ring (bicyclic) bond motifs is 5. The van der Waals surface area contributed by atoms with E-state index < -0.39 is 12.2 Å². The van der Waals surface area contributed by atoms with Gasteiger partial charge in [0, 0.05) is 0 Å². The summed E-state index contributed by atoms with van der Waals surface area (Å²) in [6.45, 7) is 7.12. The number of aliphatic hydroxyl groups excluding tert-OH is 2. The molecule has 4 rings (SSSR count). The van der Waals surface area contributed by atoms with Gasteiger partial charge in [0.25, 0.3) is 0 Å². The third-order valence-electron chi connectivity index (χ3n) is 10.0. The smallest absolute Gasteiger partial charge is 0.0835 e. The summed E-state index contributed by atoms with van der Waals surface area (Å²) in [7, 11) is 0. The Morgan fingerprint density at radius 2 is 1.63 bits per heavy atom. The number of hydrogen-bond acceptors (Lipinski definition) is 2. The molecule has 2 N–H and O–H groups in total. The van der Waals surface area contributed by atoms with Crippen molar-refractivity contribution in [2.24, 2.45) is 40.4 Å². The highest BCUT2D eigenvalue weighted by atomic mass is 16.3. The van der Waals surface area contributed by atoms with Crippen molar-refractivity contribution in [2.75, 3.05) is 0 Å². The van der Waals surface area contributed by atoms with E-state index in [1.165, 1.54) is 64.2 Å². The number of hydrogen-bond donors (Lipinski definition) is 2. The Kier molecular flexibility index (Phi) is 5.53. The lowest BCUT2D eigenvalue weighted by molar-refractivity contribution is -0.214. The van der Waals surface area contributed by atoms with Crippen molar-refractivity contribution in [2.45, 2.75) is 104 Å². The maximum Gasteiger partial charge on any atom is 0.0835 e. The molecule has 9 unspecified atom stereocenters. The molecule has 0 aromatic rings. The van der Waals surface area contributed by atoms with Crippen LogP contribution in [0.25, 0.3) is 0 Å². The molecule has 4 aliphatic carbocycles. The van der Waals surface area contributed by atoms with E-state index in [1.807, 2.05) is 0 Å². The average Bonchev–Trinajstić information content (AvgIpc) is 2.99. The minimum Gasteiger partial charge on any atom is -0.390 e. The molecule has 9 atom stereocenters. The molecule has 0 aliphatic heterocycles. The van der Waals surface area contributed by atoms with Gasteiger partial charge in [0.05, 0.1) is 12.2 Å². The molecular formula is C25H42O2. The highest BCUT2D eigenvalue weighted by Crippen LogP contribution is 2.67. The molecule has 4 fully saturated rings. The van der Waals surface area contributed by atoms with Gasteiger partial charge in [0.15, 0.2) is 0 Å². The summed E-state index contributed by atoms with van der Waals surface area (Å²) in [6, 6.07) is 0. The van der Waals surface area contributed by atoms with Gasteiger partial charge < -0.3 is 10.2 Å². The Morgan fingerprint density at radius 1 is 0.852 bits per heavy atom. The van der Waals surface area contributed by atoms with Gasteiger partial charge in [-0.15, -0.1) is 0 Å². The van der Waals surface area contributed by atoms with Crippen molar-refractivity contribution >= 4 is 0 Å². The minimum absolute atomic E-state index is 0.257. The van der Waals surface area contributed by atoms with Crippen LogP contribution >= 0.6 is 0 Å². The van der Waals surface area contributed by atoms with Crippen LogP contribution in [0.1, 0.15) is 91.4 Å². The van der Waals surface area contributed by atoms with E-state index in [-0.39, 0.29) is 5.41 Å². The van der Waals surface area contributed by atoms with Crippen LogP contribution in [0.4, 0.5) is 0 Å². The second-order valence-corrected chi connectivity index (χ2v) is 10.9. The summed E-state index contributed by atoms with van der Waals surface area (Å²) in [4.78, 5) is 0. The molecule has 4 aliphatic rings. The lowest BCUT2D eigenvalue weighted by Gasteiger charge is -2.63. The normalized spacial score (nSPS) is 52.4. The molecule has 0 aromatic heterocycles. The number of aliphatic hydroxyl groups is 2. The van der Waals surface area contributed by atoms with E-state index in [2.05, 4.69) is 32.9 Å². The Balaban J connectivity index is 1.56. The van der Waals surface area contributed by atoms with Gasteiger partial charge >= 0.3 is 0 Å². The quantitative estimate of drug-likeness (QED) is 0.488. The van der Waals surface area contributed by atoms with Crippen molar-refractivity contribution in [1.29, 1.82) is 0 Å². The van der Waals surface area contributed by atoms with E-state index in [0.717, 1.165) is 12.3 Å². The molecule has 154 valence electrons. The van der Waals surface area contributed by atoms with Crippen LogP contribution in [0.3, 0.4) is 0 Å². The Labute approximate surface area is 166 Å². The van der Waals surface area contributed by atoms with Crippen molar-refractivity contribution in [3.8, 4) is 0 Å². The summed E-state index contributed by atoms with van der Waals surface area (Å²) >= 11 is 0. The van der Waals surface area contributed by atoms with Crippen LogP contribution in [-0.4, -0.2) is 22.4 Å². The van der Waals surface area contributed by atoms with Gasteiger partial charge in [-0.1, -0.05) is 38.8 Å². The molecule has 2 nitrogen and oxygen atoms in total. The van der Waals surface area contributed by atoms with E-state index in [0.29, 0.717) is 29.1 Å². The first-order chi connectivity index (χ1) is 12.9. The molecule has 27 heavy (non-hydrogen) atoms. The molecule has 4 saturated carbocycles. The fourth-order valence-electron chi connectivity index (χ4n) is 8.54. The third-order valence-corrected chi connectivity index (χ3v) is 10.0. The molecular weight excluding hydrogens is 332 g/mol. The van der Waals surface area contributed by atoms with Crippen LogP contribution in [0.5, 0.6) is 0 Å². The van der Waals surface area contributed by atoms with Crippen LogP contribution in [-0.2, 0) is 0 Å². The number of unbranched alkanes of at least 4 members (excludes halogenated alkanes) is 1. The Hall–Kier alpha value is -0.340. The van der Waals surface area contributed by atoms with E-state index in [4.69, 9.17) is 0 Å². The van der Waals surface area contributed by atoms with Crippen molar-refractivity contribution in [3.63, 3.8) is 0 Å². The van der Waals surface area contributed by atoms with Gasteiger partial charge in [-0.2, -0.15) is 0 Å². The second-order valence-electron chi connectivity index (χ2n) is 10.9. The average molecular weight is 375 g/mol. The molecule has 0 heterocycles. The highest BCUT2D eigenvalue weighted by Gasteiger charge is 2.64. The van der Waals surface area contributed by atoms with Crippen molar-refractivity contribution < 1.29 is 10.2 Å². The first-order valence-electron chi connectivity index (χ1n) is 11.9. The van der Waals surface area contributed by atoms with Gasteiger partial charge in [0.2, 0.25) is 0 Å². The molecule has 2 heteroatoms. The fraction of sp³-hybridized carbons (Fsp3) is 0.920. The lowest BCUT2D eigenvalue weighted by atomic mass is 9.43. The van der Waals surface area contributed by atoms with Gasteiger partial charge in [0.1, 0.15) is 0 Å². The van der Waals surface area contributed by atoms with Crippen LogP contribution in [0, 0.1) is 40.4 Å². The zero-order valence-corrected chi connectivity index (χ0v) is 17.9. The number of allylic oxidation sites excluding steroid dienone is 2. The molecule has 0 aromatic carbocycles. The number of rotatable bonds is 4. The first-order valence-corrected chi connectivity index (χ1v) is 11.9. The second kappa shape index (κ2) is 7.48. The van der Waals surface area contributed by atoms with Crippen molar-refractivity contribution in [3.05, 3.63) is 12.2 Å². The van der Waals surface area contributed by atoms with Crippen molar-refractivity contribution in [1.82, 2.24) is 0 Å². The van der Waals surface area contributed by atoms with E-state index >= 15 is 0 Å². The van der Waals surface area contributed by atoms with Gasteiger partial charge in [-0.3, -0.25) is 0 Å². The molecule has 0 saturated heterocycles. The maximum atomic E-state index is 11.3. The van der Waals surface area contributed by atoms with Gasteiger partial charge in [-0.25, -0.2) is 0 Å². The Morgan fingerprint density at radius 3 is 2.41 bits per heavy atom. The SMILES string of the molecule is C/C=C/CCCC1CCC2C3C(O)C(O)C4CCCCC4(C)C3CCC12C. The largest absolute Gasteiger partial charge is 0.390 e. The topological polar surface area (TPSA) is 40.5 Å². The molecule has 0 bridgehead atoms. The molecule has 0 spiro atoms. The van der Waals surface area contributed by atoms with E-state index in [9.17, 15) is 10.2 Å². The summed E-state index contributed by atoms with van der Waals surface area (Å²) < 4.78 is 0. The molecule has 0 radical (unpaired) electrons. The molecule has 0 amide bonds. The lowest BCUT2D eigenvalue weighted by Crippen LogP contribution is -2.63. The van der Waals surface area contributed by atoms with Crippen LogP contribution in [0.2, 0.25) is 0 Å². The fourth-order valence-corrected chi connectivity index (χ4v) is 8.54. The summed E-state index contributed by atoms with van der Waals surface area (Å²) in [6.07, 6.45) is 17.5. The predicted molar refractivity (Wildman–Crippen MR) is 111 cm³/mol. The predicted octanol–water partition coefficient (Wildman–Crippen LogP) is 5.72. The summed E-state index contributed by atoms with van der Waals surface area (Å²) in [5.41, 5.74) is 0.641. The zero-order chi connectivity index (χ0) is 19.2. The maximum absolute atomic E-state index is 11.3. The Bertz CT molecular complexity index is 557. The highest BCUT2D eigenvalue weighted by molar-refractivity contribution is 5.13. The zero-order valence-electron chi connectivity index (χ0n) is 17.9. The minimum atomic E-state index is -0.493. The van der Waals surface area contributed by atoms with Crippen LogP contribution in [0.15, 0.2) is 12.2 Å². The first kappa shape index (κ1) is 20.0. The van der Waals surface area contributed by atoms with Crippen LogP contribution < -0.4 is 0 Å².